The highest BCUT2D eigenvalue weighted by Crippen LogP contribution is 2.20. The van der Waals surface area contributed by atoms with E-state index in [9.17, 15) is 14.4 Å². The molecular weight excluding hydrogens is 310 g/mol. The number of ketones is 1. The van der Waals surface area contributed by atoms with Crippen LogP contribution in [0.4, 0.5) is 4.79 Å². The molecule has 0 bridgehead atoms. The van der Waals surface area contributed by atoms with Gasteiger partial charge in [-0.3, -0.25) is 9.59 Å². The van der Waals surface area contributed by atoms with Crippen molar-refractivity contribution in [2.75, 3.05) is 13.1 Å². The molecule has 0 spiro atoms. The summed E-state index contributed by atoms with van der Waals surface area (Å²) >= 11 is 0. The lowest BCUT2D eigenvalue weighted by Gasteiger charge is -2.33. The zero-order valence-corrected chi connectivity index (χ0v) is 14.9. The molecule has 1 atom stereocenters. The molecular formula is C15H26ClNO5. The highest BCUT2D eigenvalue weighted by Gasteiger charge is 2.38. The molecule has 1 aliphatic rings. The molecule has 1 saturated heterocycles. The van der Waals surface area contributed by atoms with Crippen LogP contribution < -0.4 is 0 Å². The highest BCUT2D eigenvalue weighted by atomic mass is 35.5. The normalized spacial score (nSPS) is 19.3. The van der Waals surface area contributed by atoms with Crippen molar-refractivity contribution in [1.82, 2.24) is 4.90 Å². The van der Waals surface area contributed by atoms with E-state index in [4.69, 9.17) is 9.47 Å². The van der Waals surface area contributed by atoms with Crippen molar-refractivity contribution >= 4 is 30.3 Å². The third-order valence-corrected chi connectivity index (χ3v) is 2.76. The molecule has 0 aromatic rings. The third kappa shape index (κ3) is 6.64. The number of halogens is 1. The summed E-state index contributed by atoms with van der Waals surface area (Å²) in [6.07, 6.45) is -0.369. The first-order valence-electron chi connectivity index (χ1n) is 7.12. The third-order valence-electron chi connectivity index (χ3n) is 2.76. The zero-order chi connectivity index (χ0) is 16.4. The minimum absolute atomic E-state index is 0. The number of carbonyl (C=O) groups excluding carboxylic acids is 3. The standard InChI is InChI=1S/C15H25NO5.ClH/c1-14(2,3)20-12(18)10-9-16(8-7-11(10)17)13(19)21-15(4,5)6;/h10H,7-9H2,1-6H3;1H. The molecule has 0 aromatic heterocycles. The maximum absolute atomic E-state index is 12.1. The fraction of sp³-hybridized carbons (Fsp3) is 0.800. The van der Waals surface area contributed by atoms with E-state index in [0.717, 1.165) is 0 Å². The Balaban J connectivity index is 0.00000441. The maximum atomic E-state index is 12.1. The number of hydrogen-bond donors (Lipinski definition) is 0. The van der Waals surface area contributed by atoms with Crippen LogP contribution in [-0.2, 0) is 19.1 Å². The van der Waals surface area contributed by atoms with Crippen LogP contribution in [0, 0.1) is 5.92 Å². The van der Waals surface area contributed by atoms with Crippen LogP contribution in [0.3, 0.4) is 0 Å². The molecule has 7 heteroatoms. The van der Waals surface area contributed by atoms with Gasteiger partial charge in [-0.15, -0.1) is 12.4 Å². The summed E-state index contributed by atoms with van der Waals surface area (Å²) < 4.78 is 10.5. The molecule has 1 heterocycles. The van der Waals surface area contributed by atoms with E-state index in [0.29, 0.717) is 0 Å². The molecule has 22 heavy (non-hydrogen) atoms. The number of Topliss-reactive ketones (excluding diaryl/α,β-unsaturated/α-hetero) is 1. The Kier molecular flexibility index (Phi) is 6.88. The Hall–Kier alpha value is -1.30. The predicted molar refractivity (Wildman–Crippen MR) is 84.0 cm³/mol. The van der Waals surface area contributed by atoms with Gasteiger partial charge in [0.1, 0.15) is 17.1 Å². The van der Waals surface area contributed by atoms with E-state index < -0.39 is 29.2 Å². The number of likely N-dealkylation sites (tertiary alicyclic amines) is 1. The van der Waals surface area contributed by atoms with Crippen LogP contribution in [-0.4, -0.2) is 47.0 Å². The van der Waals surface area contributed by atoms with Gasteiger partial charge >= 0.3 is 12.1 Å². The molecule has 0 aliphatic carbocycles. The highest BCUT2D eigenvalue weighted by molar-refractivity contribution is 6.00. The summed E-state index contributed by atoms with van der Waals surface area (Å²) in [5.74, 6) is -1.70. The summed E-state index contributed by atoms with van der Waals surface area (Å²) in [6.45, 7) is 10.8. The Morgan fingerprint density at radius 1 is 1.05 bits per heavy atom. The number of piperidine rings is 1. The first-order chi connectivity index (χ1) is 9.39. The molecule has 1 amide bonds. The lowest BCUT2D eigenvalue weighted by Crippen LogP contribution is -2.49. The molecule has 128 valence electrons. The van der Waals surface area contributed by atoms with Crippen molar-refractivity contribution in [1.29, 1.82) is 0 Å². The lowest BCUT2D eigenvalue weighted by molar-refractivity contribution is -0.163. The van der Waals surface area contributed by atoms with Gasteiger partial charge in [-0.2, -0.15) is 0 Å². The monoisotopic (exact) mass is 335 g/mol. The maximum Gasteiger partial charge on any atom is 0.410 e. The van der Waals surface area contributed by atoms with Gasteiger partial charge in [0.05, 0.1) is 0 Å². The SMILES string of the molecule is CC(C)(C)OC(=O)C1CN(C(=O)OC(C)(C)C)CCC1=O.Cl. The van der Waals surface area contributed by atoms with Crippen LogP contribution in [0.5, 0.6) is 0 Å². The van der Waals surface area contributed by atoms with E-state index in [1.54, 1.807) is 41.5 Å². The van der Waals surface area contributed by atoms with Crippen molar-refractivity contribution in [2.45, 2.75) is 59.2 Å². The number of hydrogen-bond acceptors (Lipinski definition) is 5. The predicted octanol–water partition coefficient (Wildman–Crippen LogP) is 2.58. The summed E-state index contributed by atoms with van der Waals surface area (Å²) in [5, 5.41) is 0. The largest absolute Gasteiger partial charge is 0.459 e. The Morgan fingerprint density at radius 3 is 2.00 bits per heavy atom. The number of ether oxygens (including phenoxy) is 2. The molecule has 1 unspecified atom stereocenters. The minimum Gasteiger partial charge on any atom is -0.459 e. The molecule has 0 aromatic carbocycles. The van der Waals surface area contributed by atoms with Gasteiger partial charge in [0.15, 0.2) is 5.78 Å². The summed E-state index contributed by atoms with van der Waals surface area (Å²) in [6, 6.07) is 0. The van der Waals surface area contributed by atoms with Crippen LogP contribution in [0.2, 0.25) is 0 Å². The number of carbonyl (C=O) groups is 3. The molecule has 0 saturated carbocycles. The lowest BCUT2D eigenvalue weighted by atomic mass is 9.96. The summed E-state index contributed by atoms with van der Waals surface area (Å²) in [4.78, 5) is 37.4. The van der Waals surface area contributed by atoms with Gasteiger partial charge in [-0.1, -0.05) is 0 Å². The molecule has 1 fully saturated rings. The second-order valence-electron chi connectivity index (χ2n) is 7.23. The van der Waals surface area contributed by atoms with Crippen molar-refractivity contribution in [3.05, 3.63) is 0 Å². The zero-order valence-electron chi connectivity index (χ0n) is 14.1. The minimum atomic E-state index is -0.925. The Bertz CT molecular complexity index is 436. The van der Waals surface area contributed by atoms with E-state index >= 15 is 0 Å². The fourth-order valence-electron chi connectivity index (χ4n) is 1.90. The van der Waals surface area contributed by atoms with Gasteiger partial charge in [-0.05, 0) is 41.5 Å². The Morgan fingerprint density at radius 2 is 1.55 bits per heavy atom. The number of rotatable bonds is 1. The van der Waals surface area contributed by atoms with Crippen LogP contribution in [0.15, 0.2) is 0 Å². The van der Waals surface area contributed by atoms with Gasteiger partial charge in [-0.25, -0.2) is 4.79 Å². The second-order valence-corrected chi connectivity index (χ2v) is 7.23. The van der Waals surface area contributed by atoms with Gasteiger partial charge < -0.3 is 14.4 Å². The van der Waals surface area contributed by atoms with Crippen molar-refractivity contribution in [2.24, 2.45) is 5.92 Å². The average Bonchev–Trinajstić information content (AvgIpc) is 2.24. The van der Waals surface area contributed by atoms with Gasteiger partial charge in [0.2, 0.25) is 0 Å². The van der Waals surface area contributed by atoms with Crippen LogP contribution in [0.1, 0.15) is 48.0 Å². The first kappa shape index (κ1) is 20.7. The molecule has 0 N–H and O–H groups in total. The van der Waals surface area contributed by atoms with Crippen molar-refractivity contribution in [3.63, 3.8) is 0 Å². The van der Waals surface area contributed by atoms with E-state index in [1.165, 1.54) is 4.90 Å². The second kappa shape index (κ2) is 7.31. The summed E-state index contributed by atoms with van der Waals surface area (Å²) in [7, 11) is 0. The topological polar surface area (TPSA) is 72.9 Å². The number of nitrogens with zero attached hydrogens (tertiary/aromatic N) is 1. The number of amides is 1. The molecule has 1 aliphatic heterocycles. The number of esters is 1. The molecule has 1 rings (SSSR count). The first-order valence-corrected chi connectivity index (χ1v) is 7.12. The quantitative estimate of drug-likeness (QED) is 0.544. The van der Waals surface area contributed by atoms with Crippen molar-refractivity contribution in [3.8, 4) is 0 Å². The van der Waals surface area contributed by atoms with Crippen LogP contribution >= 0.6 is 12.4 Å². The van der Waals surface area contributed by atoms with Crippen LogP contribution in [0.25, 0.3) is 0 Å². The van der Waals surface area contributed by atoms with E-state index in [2.05, 4.69) is 0 Å². The van der Waals surface area contributed by atoms with Crippen molar-refractivity contribution < 1.29 is 23.9 Å². The van der Waals surface area contributed by atoms with E-state index in [1.807, 2.05) is 0 Å². The average molecular weight is 336 g/mol. The fourth-order valence-corrected chi connectivity index (χ4v) is 1.90. The molecule has 0 radical (unpaired) electrons. The van der Waals surface area contributed by atoms with E-state index in [-0.39, 0.29) is 37.7 Å². The Labute approximate surface area is 137 Å². The molecule has 6 nitrogen and oxygen atoms in total. The van der Waals surface area contributed by atoms with Gasteiger partial charge in [0.25, 0.3) is 0 Å². The smallest absolute Gasteiger partial charge is 0.410 e. The summed E-state index contributed by atoms with van der Waals surface area (Å²) in [5.41, 5.74) is -1.27. The van der Waals surface area contributed by atoms with Gasteiger partial charge in [0, 0.05) is 19.5 Å².